The van der Waals surface area contributed by atoms with Crippen molar-refractivity contribution >= 4 is 5.91 Å². The molecule has 14 heteroatoms. The summed E-state index contributed by atoms with van der Waals surface area (Å²) < 4.78 is 22.9. The van der Waals surface area contributed by atoms with Gasteiger partial charge in [0.15, 0.2) is 12.6 Å². The molecule has 0 spiro atoms. The molecular weight excluding hydrogens is 1180 g/mol. The van der Waals surface area contributed by atoms with Crippen LogP contribution in [0.1, 0.15) is 348 Å². The highest BCUT2D eigenvalue weighted by Gasteiger charge is 2.51. The van der Waals surface area contributed by atoms with E-state index >= 15 is 0 Å². The molecule has 94 heavy (non-hydrogen) atoms. The van der Waals surface area contributed by atoms with Crippen molar-refractivity contribution in [1.29, 1.82) is 0 Å². The fraction of sp³-hybridized carbons (Fsp3) is 0.863. The number of rotatable bonds is 66. The molecule has 2 aliphatic rings. The normalized spacial score (nSPS) is 22.7. The van der Waals surface area contributed by atoms with Gasteiger partial charge in [-0.3, -0.25) is 4.79 Å². The average molecular weight is 1330 g/mol. The predicted octanol–water partition coefficient (Wildman–Crippen LogP) is 17.6. The summed E-state index contributed by atoms with van der Waals surface area (Å²) in [5.41, 5.74) is 0. The van der Waals surface area contributed by atoms with Crippen LogP contribution in [0.4, 0.5) is 0 Å². The van der Waals surface area contributed by atoms with Crippen molar-refractivity contribution in [1.82, 2.24) is 5.32 Å². The van der Waals surface area contributed by atoms with Crippen LogP contribution in [0.2, 0.25) is 0 Å². The van der Waals surface area contributed by atoms with E-state index in [1.807, 2.05) is 6.08 Å². The Morgan fingerprint density at radius 3 is 1.11 bits per heavy atom. The van der Waals surface area contributed by atoms with E-state index in [1.165, 1.54) is 263 Å². The lowest BCUT2D eigenvalue weighted by molar-refractivity contribution is -0.359. The van der Waals surface area contributed by atoms with Gasteiger partial charge in [-0.15, -0.1) is 0 Å². The number of allylic oxidation sites excluding steroid dienone is 9. The zero-order valence-electron chi connectivity index (χ0n) is 60.2. The molecular formula is C80H147NO13. The van der Waals surface area contributed by atoms with Crippen molar-refractivity contribution in [2.24, 2.45) is 0 Å². The number of unbranched alkanes of at least 4 members (excludes halogenated alkanes) is 45. The van der Waals surface area contributed by atoms with Crippen LogP contribution in [0, 0.1) is 0 Å². The molecule has 2 aliphatic heterocycles. The lowest BCUT2D eigenvalue weighted by atomic mass is 9.97. The molecule has 9 N–H and O–H groups in total. The van der Waals surface area contributed by atoms with Crippen LogP contribution >= 0.6 is 0 Å². The molecule has 2 saturated heterocycles. The third-order valence-electron chi connectivity index (χ3n) is 19.2. The van der Waals surface area contributed by atoms with Gasteiger partial charge in [-0.2, -0.15) is 0 Å². The molecule has 12 unspecified atom stereocenters. The van der Waals surface area contributed by atoms with E-state index in [0.717, 1.165) is 51.4 Å². The predicted molar refractivity (Wildman–Crippen MR) is 387 cm³/mol. The Bertz CT molecular complexity index is 1810. The maximum atomic E-state index is 13.4. The Morgan fingerprint density at radius 2 is 0.713 bits per heavy atom. The second kappa shape index (κ2) is 64.1. The SMILES string of the molecule is CCCCCCC/C=C\C/C=C\CCCCCCCCCCCCCCCCCCCCCCCCCC(=O)NC(COC1OC(CO)C(OC2OC(CO)C(O)C(O)C2O)C(O)C1O)C(O)/C=C/CC/C=C/CC/C=C/CCCCCCCCCCCCCCCCC. The molecule has 0 aliphatic carbocycles. The first-order valence-electron chi connectivity index (χ1n) is 39.5. The van der Waals surface area contributed by atoms with E-state index in [-0.39, 0.29) is 18.9 Å². The molecule has 0 aromatic carbocycles. The minimum absolute atomic E-state index is 0.248. The maximum Gasteiger partial charge on any atom is 0.220 e. The summed E-state index contributed by atoms with van der Waals surface area (Å²) in [6.07, 6.45) is 70.2. The quantitative estimate of drug-likeness (QED) is 0.0204. The van der Waals surface area contributed by atoms with Crippen LogP contribution in [0.15, 0.2) is 60.8 Å². The van der Waals surface area contributed by atoms with Gasteiger partial charge < -0.3 is 65.1 Å². The van der Waals surface area contributed by atoms with E-state index in [4.69, 9.17) is 18.9 Å². The van der Waals surface area contributed by atoms with Gasteiger partial charge >= 0.3 is 0 Å². The third kappa shape index (κ3) is 46.9. The summed E-state index contributed by atoms with van der Waals surface area (Å²) >= 11 is 0. The molecule has 2 fully saturated rings. The van der Waals surface area contributed by atoms with Crippen LogP contribution in [0.5, 0.6) is 0 Å². The van der Waals surface area contributed by atoms with Gasteiger partial charge in [-0.25, -0.2) is 0 Å². The molecule has 0 bridgehead atoms. The summed E-state index contributed by atoms with van der Waals surface area (Å²) in [6.45, 7) is 2.81. The topological polar surface area (TPSA) is 228 Å². The van der Waals surface area contributed by atoms with Crippen LogP contribution in [-0.2, 0) is 23.7 Å². The van der Waals surface area contributed by atoms with E-state index in [2.05, 4.69) is 67.8 Å². The number of carbonyl (C=O) groups excluding carboxylic acids is 1. The number of hydrogen-bond donors (Lipinski definition) is 9. The second-order valence-electron chi connectivity index (χ2n) is 27.8. The number of aliphatic hydroxyl groups excluding tert-OH is 8. The molecule has 2 heterocycles. The zero-order chi connectivity index (χ0) is 68.0. The Morgan fingerprint density at radius 1 is 0.383 bits per heavy atom. The molecule has 0 aromatic rings. The van der Waals surface area contributed by atoms with Crippen LogP contribution in [-0.4, -0.2) is 140 Å². The van der Waals surface area contributed by atoms with E-state index in [0.29, 0.717) is 12.8 Å². The molecule has 1 amide bonds. The van der Waals surface area contributed by atoms with Crippen molar-refractivity contribution in [3.05, 3.63) is 60.8 Å². The molecule has 0 saturated carbocycles. The summed E-state index contributed by atoms with van der Waals surface area (Å²) in [5.74, 6) is -0.248. The maximum absolute atomic E-state index is 13.4. The molecule has 14 nitrogen and oxygen atoms in total. The summed E-state index contributed by atoms with van der Waals surface area (Å²) in [5, 5.41) is 87.6. The lowest BCUT2D eigenvalue weighted by Crippen LogP contribution is -2.65. The number of hydrogen-bond acceptors (Lipinski definition) is 13. The van der Waals surface area contributed by atoms with Gasteiger partial charge in [0.05, 0.1) is 32.0 Å². The van der Waals surface area contributed by atoms with E-state index < -0.39 is 86.8 Å². The Labute approximate surface area is 575 Å². The average Bonchev–Trinajstić information content (AvgIpc) is 0.794. The largest absolute Gasteiger partial charge is 0.394 e. The van der Waals surface area contributed by atoms with Crippen LogP contribution in [0.25, 0.3) is 0 Å². The van der Waals surface area contributed by atoms with Crippen molar-refractivity contribution < 1.29 is 64.6 Å². The van der Waals surface area contributed by atoms with Gasteiger partial charge in [0.25, 0.3) is 0 Å². The minimum Gasteiger partial charge on any atom is -0.394 e. The van der Waals surface area contributed by atoms with Gasteiger partial charge in [-0.1, -0.05) is 325 Å². The van der Waals surface area contributed by atoms with E-state index in [9.17, 15) is 45.6 Å². The van der Waals surface area contributed by atoms with Crippen molar-refractivity contribution in [2.75, 3.05) is 19.8 Å². The molecule has 2 rings (SSSR count). The highest BCUT2D eigenvalue weighted by Crippen LogP contribution is 2.30. The Balaban J connectivity index is 1.63. The molecule has 0 radical (unpaired) electrons. The second-order valence-corrected chi connectivity index (χ2v) is 27.8. The van der Waals surface area contributed by atoms with E-state index in [1.54, 1.807) is 6.08 Å². The summed E-state index contributed by atoms with van der Waals surface area (Å²) in [6, 6.07) is -0.940. The lowest BCUT2D eigenvalue weighted by Gasteiger charge is -2.46. The van der Waals surface area contributed by atoms with Crippen LogP contribution in [0.3, 0.4) is 0 Å². The first kappa shape index (κ1) is 87.8. The van der Waals surface area contributed by atoms with Gasteiger partial charge in [0, 0.05) is 6.42 Å². The number of ether oxygens (including phenoxy) is 4. The first-order chi connectivity index (χ1) is 46.1. The number of nitrogens with one attached hydrogen (secondary N) is 1. The minimum atomic E-state index is -1.79. The third-order valence-corrected chi connectivity index (χ3v) is 19.2. The molecule has 12 atom stereocenters. The molecule has 0 aromatic heterocycles. The van der Waals surface area contributed by atoms with Gasteiger partial charge in [0.1, 0.15) is 48.8 Å². The summed E-state index contributed by atoms with van der Waals surface area (Å²) in [4.78, 5) is 13.4. The van der Waals surface area contributed by atoms with Gasteiger partial charge in [-0.05, 0) is 77.0 Å². The number of amides is 1. The van der Waals surface area contributed by atoms with Gasteiger partial charge in [0.2, 0.25) is 5.91 Å². The summed E-state index contributed by atoms with van der Waals surface area (Å²) in [7, 11) is 0. The van der Waals surface area contributed by atoms with Crippen molar-refractivity contribution in [3.8, 4) is 0 Å². The Hall–Kier alpha value is -2.31. The highest BCUT2D eigenvalue weighted by molar-refractivity contribution is 5.76. The van der Waals surface area contributed by atoms with Crippen LogP contribution < -0.4 is 5.32 Å². The van der Waals surface area contributed by atoms with Crippen molar-refractivity contribution in [2.45, 2.75) is 421 Å². The number of carbonyl (C=O) groups is 1. The Kier molecular flexibility index (Phi) is 59.8. The fourth-order valence-electron chi connectivity index (χ4n) is 12.9. The molecule has 550 valence electrons. The monoisotopic (exact) mass is 1330 g/mol. The number of aliphatic hydroxyl groups is 8. The smallest absolute Gasteiger partial charge is 0.220 e. The standard InChI is InChI=1S/C80H147NO13/c1-3-5-7-9-11-13-15-17-19-21-23-25-27-29-30-31-32-33-34-35-36-37-38-40-42-44-46-48-50-52-54-56-58-60-62-64-72(85)81-68(67-91-79-77(90)75(88)78(71(66-83)93-79)94-80-76(89)74(87)73(86)70(65-82)92-80)69(84)63-61-59-57-55-53-51-49-47-45-43-41-39-28-26-24-22-20-18-16-14-12-10-8-6-4-2/h15,17,21,23,45,47,53,55,61,63,68-71,73-80,82-84,86-90H,3-14,16,18-20,22,24-44,46,48-52,54,56-60,62,64-67H2,1-2H3,(H,81,85)/b17-15-,23-21-,47-45+,55-53+,63-61+. The fourth-order valence-corrected chi connectivity index (χ4v) is 12.9. The first-order valence-corrected chi connectivity index (χ1v) is 39.5. The van der Waals surface area contributed by atoms with Crippen molar-refractivity contribution in [3.63, 3.8) is 0 Å². The zero-order valence-corrected chi connectivity index (χ0v) is 60.2. The highest BCUT2D eigenvalue weighted by atomic mass is 16.7.